The highest BCUT2D eigenvalue weighted by Gasteiger charge is 2.20. The smallest absolute Gasteiger partial charge is 0.244 e. The number of rotatable bonds is 9. The van der Waals surface area contributed by atoms with Gasteiger partial charge < -0.3 is 10.1 Å². The van der Waals surface area contributed by atoms with Gasteiger partial charge in [-0.2, -0.15) is 0 Å². The van der Waals surface area contributed by atoms with E-state index in [0.717, 1.165) is 24.8 Å². The molecule has 22 heavy (non-hydrogen) atoms. The highest BCUT2D eigenvalue weighted by molar-refractivity contribution is 7.89. The van der Waals surface area contributed by atoms with Gasteiger partial charge in [0.1, 0.15) is 10.6 Å². The van der Waals surface area contributed by atoms with Gasteiger partial charge in [-0.25, -0.2) is 13.1 Å². The number of amides is 1. The molecule has 6 nitrogen and oxygen atoms in total. The quantitative estimate of drug-likeness (QED) is 0.674. The third-order valence-corrected chi connectivity index (χ3v) is 4.56. The van der Waals surface area contributed by atoms with Gasteiger partial charge in [-0.15, -0.1) is 0 Å². The van der Waals surface area contributed by atoms with Crippen LogP contribution in [-0.2, 0) is 14.8 Å². The summed E-state index contributed by atoms with van der Waals surface area (Å²) in [6.07, 6.45) is 2.99. The Hall–Kier alpha value is -1.60. The summed E-state index contributed by atoms with van der Waals surface area (Å²) in [6, 6.07) is 4.87. The molecule has 124 valence electrons. The van der Waals surface area contributed by atoms with Gasteiger partial charge in [0.2, 0.25) is 15.9 Å². The molecule has 0 saturated carbocycles. The second kappa shape index (κ2) is 8.75. The van der Waals surface area contributed by atoms with E-state index >= 15 is 0 Å². The summed E-state index contributed by atoms with van der Waals surface area (Å²) in [7, 11) is -2.38. The van der Waals surface area contributed by atoms with E-state index in [1.807, 2.05) is 0 Å². The zero-order valence-electron chi connectivity index (χ0n) is 13.3. The molecule has 1 rings (SSSR count). The molecule has 0 saturated heterocycles. The van der Waals surface area contributed by atoms with Crippen LogP contribution in [0, 0.1) is 6.92 Å². The van der Waals surface area contributed by atoms with Gasteiger partial charge in [-0.3, -0.25) is 4.79 Å². The molecule has 0 fully saturated rings. The maximum atomic E-state index is 12.3. The lowest BCUT2D eigenvalue weighted by molar-refractivity contribution is -0.119. The minimum atomic E-state index is -3.79. The number of methoxy groups -OCH3 is 1. The molecule has 0 aliphatic heterocycles. The van der Waals surface area contributed by atoms with E-state index in [1.54, 1.807) is 19.1 Å². The molecule has 7 heteroatoms. The number of aryl methyl sites for hydroxylation is 1. The van der Waals surface area contributed by atoms with E-state index in [2.05, 4.69) is 17.0 Å². The number of sulfonamides is 1. The molecule has 0 atom stereocenters. The van der Waals surface area contributed by atoms with Crippen molar-refractivity contribution in [1.82, 2.24) is 10.0 Å². The first-order valence-electron chi connectivity index (χ1n) is 7.31. The maximum Gasteiger partial charge on any atom is 0.244 e. The highest BCUT2D eigenvalue weighted by Crippen LogP contribution is 2.24. The molecule has 1 amide bonds. The molecule has 2 N–H and O–H groups in total. The fraction of sp³-hybridized carbons (Fsp3) is 0.533. The van der Waals surface area contributed by atoms with Gasteiger partial charge in [0.15, 0.2) is 0 Å². The van der Waals surface area contributed by atoms with Crippen LogP contribution in [0.25, 0.3) is 0 Å². The van der Waals surface area contributed by atoms with Crippen molar-refractivity contribution in [3.8, 4) is 5.75 Å². The van der Waals surface area contributed by atoms with E-state index in [4.69, 9.17) is 4.74 Å². The molecule has 0 aliphatic carbocycles. The Morgan fingerprint density at radius 1 is 1.27 bits per heavy atom. The van der Waals surface area contributed by atoms with Gasteiger partial charge in [0.05, 0.1) is 13.7 Å². The Morgan fingerprint density at radius 2 is 2.00 bits per heavy atom. The Bertz CT molecular complexity index is 600. The van der Waals surface area contributed by atoms with Crippen molar-refractivity contribution < 1.29 is 17.9 Å². The highest BCUT2D eigenvalue weighted by atomic mass is 32.2. The van der Waals surface area contributed by atoms with E-state index in [9.17, 15) is 13.2 Å². The standard InChI is InChI=1S/C15H24N2O4S/c1-4-5-6-9-16-15(18)11-17-22(19,20)14-10-12(2)7-8-13(14)21-3/h7-8,10,17H,4-6,9,11H2,1-3H3,(H,16,18). The molecular formula is C15H24N2O4S. The average Bonchev–Trinajstić information content (AvgIpc) is 2.49. The van der Waals surface area contributed by atoms with Crippen LogP contribution in [0.4, 0.5) is 0 Å². The first kappa shape index (κ1) is 18.4. The van der Waals surface area contributed by atoms with Gasteiger partial charge >= 0.3 is 0 Å². The maximum absolute atomic E-state index is 12.3. The van der Waals surface area contributed by atoms with Gasteiger partial charge in [-0.1, -0.05) is 25.8 Å². The normalized spacial score (nSPS) is 11.2. The summed E-state index contributed by atoms with van der Waals surface area (Å²) in [5, 5.41) is 2.68. The number of unbranched alkanes of at least 4 members (excludes halogenated alkanes) is 2. The Balaban J connectivity index is 2.64. The van der Waals surface area contributed by atoms with Crippen LogP contribution in [0.1, 0.15) is 31.7 Å². The molecule has 0 radical (unpaired) electrons. The molecule has 0 bridgehead atoms. The predicted molar refractivity (Wildman–Crippen MR) is 85.5 cm³/mol. The Kier molecular flexibility index (Phi) is 7.34. The number of benzene rings is 1. The summed E-state index contributed by atoms with van der Waals surface area (Å²) in [6.45, 7) is 4.14. The summed E-state index contributed by atoms with van der Waals surface area (Å²) in [5.74, 6) is -0.0900. The van der Waals surface area contributed by atoms with Gasteiger partial charge in [-0.05, 0) is 31.0 Å². The van der Waals surface area contributed by atoms with Crippen LogP contribution in [0.15, 0.2) is 23.1 Å². The summed E-state index contributed by atoms with van der Waals surface area (Å²) < 4.78 is 31.9. The molecular weight excluding hydrogens is 304 g/mol. The molecule has 0 aliphatic rings. The van der Waals surface area contributed by atoms with Crippen molar-refractivity contribution in [2.45, 2.75) is 38.0 Å². The molecule has 0 unspecified atom stereocenters. The van der Waals surface area contributed by atoms with Crippen molar-refractivity contribution in [1.29, 1.82) is 0 Å². The number of nitrogens with one attached hydrogen (secondary N) is 2. The number of hydrogen-bond acceptors (Lipinski definition) is 4. The molecule has 0 spiro atoms. The number of carbonyl (C=O) groups is 1. The summed E-state index contributed by atoms with van der Waals surface area (Å²) in [5.41, 5.74) is 0.796. The van der Waals surface area contributed by atoms with Crippen LogP contribution in [0.3, 0.4) is 0 Å². The minimum Gasteiger partial charge on any atom is -0.495 e. The first-order valence-corrected chi connectivity index (χ1v) is 8.80. The van der Waals surface area contributed by atoms with Crippen molar-refractivity contribution in [3.63, 3.8) is 0 Å². The number of carbonyl (C=O) groups excluding carboxylic acids is 1. The number of ether oxygens (including phenoxy) is 1. The zero-order valence-corrected chi connectivity index (χ0v) is 14.1. The lowest BCUT2D eigenvalue weighted by atomic mass is 10.2. The van der Waals surface area contributed by atoms with Crippen LogP contribution >= 0.6 is 0 Å². The van der Waals surface area contributed by atoms with Crippen LogP contribution < -0.4 is 14.8 Å². The molecule has 1 aromatic carbocycles. The van der Waals surface area contributed by atoms with E-state index in [-0.39, 0.29) is 23.1 Å². The van der Waals surface area contributed by atoms with Crippen molar-refractivity contribution >= 4 is 15.9 Å². The van der Waals surface area contributed by atoms with Crippen molar-refractivity contribution in [2.75, 3.05) is 20.2 Å². The second-order valence-corrected chi connectivity index (χ2v) is 6.77. The number of hydrogen-bond donors (Lipinski definition) is 2. The van der Waals surface area contributed by atoms with E-state index in [0.29, 0.717) is 6.54 Å². The monoisotopic (exact) mass is 328 g/mol. The molecule has 0 aromatic heterocycles. The minimum absolute atomic E-state index is 0.0359. The van der Waals surface area contributed by atoms with Crippen molar-refractivity contribution in [2.24, 2.45) is 0 Å². The van der Waals surface area contributed by atoms with Gasteiger partial charge in [0, 0.05) is 6.54 Å². The summed E-state index contributed by atoms with van der Waals surface area (Å²) >= 11 is 0. The van der Waals surface area contributed by atoms with Crippen molar-refractivity contribution in [3.05, 3.63) is 23.8 Å². The predicted octanol–water partition coefficient (Wildman–Crippen LogP) is 1.59. The largest absolute Gasteiger partial charge is 0.495 e. The Labute approximate surface area is 132 Å². The molecule has 0 heterocycles. The summed E-state index contributed by atoms with van der Waals surface area (Å²) in [4.78, 5) is 11.7. The van der Waals surface area contributed by atoms with Crippen LogP contribution in [0.2, 0.25) is 0 Å². The SMILES string of the molecule is CCCCCNC(=O)CNS(=O)(=O)c1cc(C)ccc1OC. The van der Waals surface area contributed by atoms with Crippen LogP contribution in [-0.4, -0.2) is 34.5 Å². The average molecular weight is 328 g/mol. The van der Waals surface area contributed by atoms with E-state index < -0.39 is 10.0 Å². The fourth-order valence-electron chi connectivity index (χ4n) is 1.90. The molecule has 1 aromatic rings. The topological polar surface area (TPSA) is 84.5 Å². The zero-order chi connectivity index (χ0) is 16.6. The Morgan fingerprint density at radius 3 is 2.64 bits per heavy atom. The lowest BCUT2D eigenvalue weighted by Gasteiger charge is -2.11. The lowest BCUT2D eigenvalue weighted by Crippen LogP contribution is -2.37. The van der Waals surface area contributed by atoms with Gasteiger partial charge in [0.25, 0.3) is 0 Å². The fourth-order valence-corrected chi connectivity index (χ4v) is 3.13. The second-order valence-electron chi connectivity index (χ2n) is 5.04. The third-order valence-electron chi connectivity index (χ3n) is 3.13. The third kappa shape index (κ3) is 5.65. The first-order chi connectivity index (χ1) is 10.4. The van der Waals surface area contributed by atoms with E-state index in [1.165, 1.54) is 13.2 Å². The van der Waals surface area contributed by atoms with Crippen LogP contribution in [0.5, 0.6) is 5.75 Å².